The van der Waals surface area contributed by atoms with Crippen LogP contribution in [0.25, 0.3) is 0 Å². The van der Waals surface area contributed by atoms with Gasteiger partial charge in [-0.3, -0.25) is 0 Å². The molecule has 0 aromatic heterocycles. The zero-order valence-electron chi connectivity index (χ0n) is 9.91. The van der Waals surface area contributed by atoms with Gasteiger partial charge in [-0.15, -0.1) is 0 Å². The van der Waals surface area contributed by atoms with Crippen LogP contribution in [0.5, 0.6) is 0 Å². The lowest BCUT2D eigenvalue weighted by Crippen LogP contribution is -2.41. The van der Waals surface area contributed by atoms with E-state index in [0.29, 0.717) is 12.5 Å². The van der Waals surface area contributed by atoms with E-state index in [-0.39, 0.29) is 12.0 Å². The topological polar surface area (TPSA) is 46.2 Å². The molecule has 0 bridgehead atoms. The third-order valence-corrected chi connectivity index (χ3v) is 4.13. The molecule has 1 rings (SSSR count). The highest BCUT2D eigenvalue weighted by molar-refractivity contribution is 14.1. The fraction of sp³-hybridized carbons (Fsp3) is 0.538. The average molecular weight is 333 g/mol. The van der Waals surface area contributed by atoms with Gasteiger partial charge >= 0.3 is 0 Å². The van der Waals surface area contributed by atoms with Gasteiger partial charge in [0.15, 0.2) is 0 Å². The van der Waals surface area contributed by atoms with Gasteiger partial charge in [0, 0.05) is 15.5 Å². The Hall–Kier alpha value is -0.130. The highest BCUT2D eigenvalue weighted by atomic mass is 127. The summed E-state index contributed by atoms with van der Waals surface area (Å²) in [7, 11) is 0. The van der Waals surface area contributed by atoms with Crippen molar-refractivity contribution in [2.75, 3.05) is 13.2 Å². The molecule has 0 aliphatic heterocycles. The minimum atomic E-state index is -0.188. The number of aliphatic hydroxyl groups is 1. The fourth-order valence-electron chi connectivity index (χ4n) is 1.82. The first kappa shape index (κ1) is 13.9. The molecule has 16 heavy (non-hydrogen) atoms. The molecule has 90 valence electrons. The Morgan fingerprint density at radius 1 is 1.31 bits per heavy atom. The summed E-state index contributed by atoms with van der Waals surface area (Å²) < 4.78 is 1.23. The van der Waals surface area contributed by atoms with Crippen LogP contribution in [-0.2, 0) is 6.42 Å². The lowest BCUT2D eigenvalue weighted by Gasteiger charge is -2.34. The van der Waals surface area contributed by atoms with Crippen molar-refractivity contribution >= 4 is 22.6 Å². The van der Waals surface area contributed by atoms with E-state index in [1.54, 1.807) is 0 Å². The van der Waals surface area contributed by atoms with Crippen LogP contribution in [-0.4, -0.2) is 18.3 Å². The summed E-state index contributed by atoms with van der Waals surface area (Å²) in [5, 5.41) is 9.58. The minimum absolute atomic E-state index is 0.146. The van der Waals surface area contributed by atoms with Crippen molar-refractivity contribution in [3.63, 3.8) is 0 Å². The van der Waals surface area contributed by atoms with Crippen LogP contribution in [0.2, 0.25) is 0 Å². The SMILES string of the molecule is CC(C)C(CN)(CO)Cc1ccc(I)cc1. The quantitative estimate of drug-likeness (QED) is 0.813. The van der Waals surface area contributed by atoms with Crippen molar-refractivity contribution in [2.45, 2.75) is 20.3 Å². The van der Waals surface area contributed by atoms with Gasteiger partial charge in [0.05, 0.1) is 6.61 Å². The minimum Gasteiger partial charge on any atom is -0.396 e. The zero-order chi connectivity index (χ0) is 12.2. The van der Waals surface area contributed by atoms with Gasteiger partial charge in [0.2, 0.25) is 0 Å². The summed E-state index contributed by atoms with van der Waals surface area (Å²) in [4.78, 5) is 0. The van der Waals surface area contributed by atoms with Crippen molar-refractivity contribution in [2.24, 2.45) is 17.1 Å². The van der Waals surface area contributed by atoms with E-state index >= 15 is 0 Å². The van der Waals surface area contributed by atoms with Crippen LogP contribution in [0, 0.1) is 14.9 Å². The van der Waals surface area contributed by atoms with Gasteiger partial charge in [0.25, 0.3) is 0 Å². The predicted molar refractivity (Wildman–Crippen MR) is 76.3 cm³/mol. The molecule has 3 heteroatoms. The Morgan fingerprint density at radius 3 is 2.25 bits per heavy atom. The molecule has 0 saturated heterocycles. The van der Waals surface area contributed by atoms with Crippen LogP contribution in [0.4, 0.5) is 0 Å². The van der Waals surface area contributed by atoms with E-state index in [1.165, 1.54) is 9.13 Å². The number of nitrogens with two attached hydrogens (primary N) is 1. The first-order chi connectivity index (χ1) is 7.54. The van der Waals surface area contributed by atoms with Gasteiger partial charge in [-0.1, -0.05) is 26.0 Å². The van der Waals surface area contributed by atoms with Crippen LogP contribution < -0.4 is 5.73 Å². The second kappa shape index (κ2) is 5.98. The lowest BCUT2D eigenvalue weighted by molar-refractivity contribution is 0.0843. The molecule has 0 fully saturated rings. The Balaban J connectivity index is 2.87. The second-order valence-corrected chi connectivity index (χ2v) is 5.93. The van der Waals surface area contributed by atoms with E-state index < -0.39 is 0 Å². The molecule has 0 aliphatic rings. The van der Waals surface area contributed by atoms with E-state index in [9.17, 15) is 5.11 Å². The first-order valence-electron chi connectivity index (χ1n) is 5.59. The smallest absolute Gasteiger partial charge is 0.0505 e. The average Bonchev–Trinajstić information content (AvgIpc) is 2.28. The molecule has 0 spiro atoms. The number of aliphatic hydroxyl groups excluding tert-OH is 1. The Labute approximate surface area is 111 Å². The largest absolute Gasteiger partial charge is 0.396 e. The predicted octanol–water partition coefficient (Wildman–Crippen LogP) is 2.43. The molecule has 3 N–H and O–H groups in total. The molecule has 1 aromatic rings. The van der Waals surface area contributed by atoms with Gasteiger partial charge < -0.3 is 10.8 Å². The van der Waals surface area contributed by atoms with Crippen molar-refractivity contribution < 1.29 is 5.11 Å². The Kier molecular flexibility index (Phi) is 5.21. The zero-order valence-corrected chi connectivity index (χ0v) is 12.1. The summed E-state index contributed by atoms with van der Waals surface area (Å²) in [6.45, 7) is 4.91. The lowest BCUT2D eigenvalue weighted by atomic mass is 9.73. The number of hydrogen-bond acceptors (Lipinski definition) is 2. The van der Waals surface area contributed by atoms with Crippen LogP contribution in [0.3, 0.4) is 0 Å². The van der Waals surface area contributed by atoms with E-state index in [0.717, 1.165) is 6.42 Å². The third-order valence-electron chi connectivity index (χ3n) is 3.42. The number of rotatable bonds is 5. The normalized spacial score (nSPS) is 15.1. The Bertz CT molecular complexity index is 317. The molecule has 0 radical (unpaired) electrons. The van der Waals surface area contributed by atoms with Gasteiger partial charge in [-0.05, 0) is 52.6 Å². The Morgan fingerprint density at radius 2 is 1.88 bits per heavy atom. The van der Waals surface area contributed by atoms with Crippen molar-refractivity contribution in [3.05, 3.63) is 33.4 Å². The van der Waals surface area contributed by atoms with Crippen molar-refractivity contribution in [1.29, 1.82) is 0 Å². The van der Waals surface area contributed by atoms with Crippen molar-refractivity contribution in [3.8, 4) is 0 Å². The summed E-state index contributed by atoms with van der Waals surface area (Å²) in [5.74, 6) is 0.377. The second-order valence-electron chi connectivity index (χ2n) is 4.68. The maximum Gasteiger partial charge on any atom is 0.0505 e. The highest BCUT2D eigenvalue weighted by Crippen LogP contribution is 2.30. The molecule has 1 aromatic carbocycles. The number of hydrogen-bond donors (Lipinski definition) is 2. The maximum absolute atomic E-state index is 9.58. The first-order valence-corrected chi connectivity index (χ1v) is 6.67. The van der Waals surface area contributed by atoms with Crippen LogP contribution >= 0.6 is 22.6 Å². The number of halogens is 1. The summed E-state index contributed by atoms with van der Waals surface area (Å²) >= 11 is 2.29. The highest BCUT2D eigenvalue weighted by Gasteiger charge is 2.31. The molecule has 1 atom stereocenters. The standard InChI is InChI=1S/C13H20INO/c1-10(2)13(8-15,9-16)7-11-3-5-12(14)6-4-11/h3-6,10,16H,7-9,15H2,1-2H3. The summed E-state index contributed by atoms with van der Waals surface area (Å²) in [6, 6.07) is 8.41. The van der Waals surface area contributed by atoms with Crippen molar-refractivity contribution in [1.82, 2.24) is 0 Å². The molecule has 0 amide bonds. The summed E-state index contributed by atoms with van der Waals surface area (Å²) in [6.07, 6.45) is 0.842. The van der Waals surface area contributed by atoms with E-state index in [4.69, 9.17) is 5.73 Å². The van der Waals surface area contributed by atoms with Gasteiger partial charge in [-0.2, -0.15) is 0 Å². The summed E-state index contributed by atoms with van der Waals surface area (Å²) in [5.41, 5.74) is 6.89. The van der Waals surface area contributed by atoms with Gasteiger partial charge in [0.1, 0.15) is 0 Å². The molecule has 0 saturated carbocycles. The van der Waals surface area contributed by atoms with E-state index in [2.05, 4.69) is 60.7 Å². The van der Waals surface area contributed by atoms with Crippen LogP contribution in [0.15, 0.2) is 24.3 Å². The van der Waals surface area contributed by atoms with E-state index in [1.807, 2.05) is 0 Å². The number of benzene rings is 1. The molecule has 0 aliphatic carbocycles. The maximum atomic E-state index is 9.58. The fourth-order valence-corrected chi connectivity index (χ4v) is 2.18. The molecule has 2 nitrogen and oxygen atoms in total. The van der Waals surface area contributed by atoms with Gasteiger partial charge in [-0.25, -0.2) is 0 Å². The molecule has 1 unspecified atom stereocenters. The molecular formula is C13H20INO. The third kappa shape index (κ3) is 3.18. The van der Waals surface area contributed by atoms with Crippen LogP contribution in [0.1, 0.15) is 19.4 Å². The molecule has 0 heterocycles. The monoisotopic (exact) mass is 333 g/mol. The molecular weight excluding hydrogens is 313 g/mol.